The van der Waals surface area contributed by atoms with Crippen LogP contribution in [0.15, 0.2) is 29.2 Å². The maximum atomic E-state index is 11.1. The molecule has 1 fully saturated rings. The number of nitrogens with one attached hydrogen (secondary N) is 3. The number of hydrazine groups is 1. The molecule has 1 saturated heterocycles. The second-order valence-corrected chi connectivity index (χ2v) is 5.31. The van der Waals surface area contributed by atoms with Crippen LogP contribution in [0.3, 0.4) is 0 Å². The standard InChI is InChI=1S/C7H5NO3S.C3H6N2O/c9-7-5-3-1-2-4-6(5)12(10,11)8-7;6-3-1-2-4-5-3/h1-4H,(H,8,9);4H,1-2H2,(H,5,6). The van der Waals surface area contributed by atoms with Crippen molar-refractivity contribution in [3.8, 4) is 0 Å². The second-order valence-electron chi connectivity index (χ2n) is 3.66. The molecular formula is C10H11N3O4S. The van der Waals surface area contributed by atoms with E-state index in [1.807, 2.05) is 4.72 Å². The van der Waals surface area contributed by atoms with Crippen LogP contribution in [0.4, 0.5) is 0 Å². The Morgan fingerprint density at radius 1 is 1.11 bits per heavy atom. The number of hydrogen-bond donors (Lipinski definition) is 3. The van der Waals surface area contributed by atoms with Crippen LogP contribution in [-0.2, 0) is 14.8 Å². The molecule has 3 rings (SSSR count). The van der Waals surface area contributed by atoms with Gasteiger partial charge in [0.1, 0.15) is 4.90 Å². The van der Waals surface area contributed by atoms with E-state index in [2.05, 4.69) is 10.9 Å². The van der Waals surface area contributed by atoms with Crippen LogP contribution in [0.5, 0.6) is 0 Å². The van der Waals surface area contributed by atoms with Gasteiger partial charge in [0.15, 0.2) is 0 Å². The molecule has 0 saturated carbocycles. The Labute approximate surface area is 104 Å². The summed E-state index contributed by atoms with van der Waals surface area (Å²) in [5.74, 6) is -0.458. The Bertz CT molecular complexity index is 589. The lowest BCUT2D eigenvalue weighted by Crippen LogP contribution is -2.25. The number of amides is 2. The van der Waals surface area contributed by atoms with Gasteiger partial charge in [-0.3, -0.25) is 15.0 Å². The van der Waals surface area contributed by atoms with Gasteiger partial charge in [-0.15, -0.1) is 0 Å². The van der Waals surface area contributed by atoms with Gasteiger partial charge in [-0.25, -0.2) is 18.6 Å². The zero-order chi connectivity index (χ0) is 13.2. The highest BCUT2D eigenvalue weighted by Crippen LogP contribution is 2.20. The molecule has 2 aliphatic heterocycles. The highest BCUT2D eigenvalue weighted by atomic mass is 32.2. The minimum absolute atomic E-state index is 0.0648. The zero-order valence-corrected chi connectivity index (χ0v) is 10.1. The van der Waals surface area contributed by atoms with Crippen molar-refractivity contribution in [2.75, 3.05) is 6.54 Å². The van der Waals surface area contributed by atoms with Crippen LogP contribution in [0.25, 0.3) is 0 Å². The fourth-order valence-corrected chi connectivity index (χ4v) is 2.69. The monoisotopic (exact) mass is 269 g/mol. The average molecular weight is 269 g/mol. The Morgan fingerprint density at radius 2 is 1.83 bits per heavy atom. The minimum Gasteiger partial charge on any atom is -0.292 e. The molecule has 7 nitrogen and oxygen atoms in total. The third-order valence-electron chi connectivity index (χ3n) is 2.35. The number of fused-ring (bicyclic) bond motifs is 1. The summed E-state index contributed by atoms with van der Waals surface area (Å²) in [6, 6.07) is 6.09. The largest absolute Gasteiger partial charge is 0.292 e. The van der Waals surface area contributed by atoms with Gasteiger partial charge in [-0.05, 0) is 12.1 Å². The molecule has 0 unspecified atom stereocenters. The maximum Gasteiger partial charge on any atom is 0.266 e. The predicted molar refractivity (Wildman–Crippen MR) is 61.9 cm³/mol. The van der Waals surface area contributed by atoms with Crippen molar-refractivity contribution in [2.24, 2.45) is 0 Å². The van der Waals surface area contributed by atoms with Crippen molar-refractivity contribution >= 4 is 21.8 Å². The topological polar surface area (TPSA) is 104 Å². The molecule has 0 radical (unpaired) electrons. The summed E-state index contributed by atoms with van der Waals surface area (Å²) < 4.78 is 24.2. The maximum absolute atomic E-state index is 11.1. The van der Waals surface area contributed by atoms with E-state index in [1.54, 1.807) is 12.1 Å². The molecule has 3 N–H and O–H groups in total. The van der Waals surface area contributed by atoms with Gasteiger partial charge in [0.05, 0.1) is 5.56 Å². The van der Waals surface area contributed by atoms with Crippen molar-refractivity contribution in [3.05, 3.63) is 29.8 Å². The third-order valence-corrected chi connectivity index (χ3v) is 3.74. The third kappa shape index (κ3) is 2.49. The second kappa shape index (κ2) is 4.75. The summed E-state index contributed by atoms with van der Waals surface area (Å²) in [7, 11) is -3.55. The molecule has 0 spiro atoms. The smallest absolute Gasteiger partial charge is 0.266 e. The lowest BCUT2D eigenvalue weighted by atomic mass is 10.2. The minimum atomic E-state index is -3.55. The van der Waals surface area contributed by atoms with E-state index in [1.165, 1.54) is 12.1 Å². The van der Waals surface area contributed by atoms with Gasteiger partial charge >= 0.3 is 0 Å². The quantitative estimate of drug-likeness (QED) is 0.568. The van der Waals surface area contributed by atoms with Crippen molar-refractivity contribution in [3.63, 3.8) is 0 Å². The Balaban J connectivity index is 0.000000169. The Kier molecular flexibility index (Phi) is 3.30. The highest BCUT2D eigenvalue weighted by molar-refractivity contribution is 7.90. The SMILES string of the molecule is O=C1CCNN1.O=C1NS(=O)(=O)c2ccccc21. The van der Waals surface area contributed by atoms with Crippen LogP contribution in [0.2, 0.25) is 0 Å². The Morgan fingerprint density at radius 3 is 2.33 bits per heavy atom. The average Bonchev–Trinajstić information content (AvgIpc) is 2.88. The van der Waals surface area contributed by atoms with Crippen molar-refractivity contribution in [1.82, 2.24) is 15.6 Å². The van der Waals surface area contributed by atoms with Gasteiger partial charge in [-0.2, -0.15) is 0 Å². The summed E-state index contributed by atoms with van der Waals surface area (Å²) in [4.78, 5) is 21.1. The molecule has 1 aromatic rings. The summed E-state index contributed by atoms with van der Waals surface area (Å²) in [6.07, 6.45) is 0.625. The van der Waals surface area contributed by atoms with Crippen LogP contribution in [0.1, 0.15) is 16.8 Å². The first-order valence-corrected chi connectivity index (χ1v) is 6.67. The van der Waals surface area contributed by atoms with Crippen LogP contribution < -0.4 is 15.6 Å². The summed E-state index contributed by atoms with van der Waals surface area (Å²) in [5.41, 5.74) is 5.32. The summed E-state index contributed by atoms with van der Waals surface area (Å²) in [5, 5.41) is 0. The lowest BCUT2D eigenvalue weighted by molar-refractivity contribution is -0.119. The van der Waals surface area contributed by atoms with E-state index in [0.29, 0.717) is 6.42 Å². The zero-order valence-electron chi connectivity index (χ0n) is 9.26. The van der Waals surface area contributed by atoms with E-state index in [0.717, 1.165) is 6.54 Å². The molecule has 1 aromatic carbocycles. The van der Waals surface area contributed by atoms with Gasteiger partial charge in [-0.1, -0.05) is 12.1 Å². The molecule has 96 valence electrons. The molecule has 8 heteroatoms. The number of sulfonamides is 1. The number of rotatable bonds is 0. The molecule has 0 aromatic heterocycles. The molecule has 2 amide bonds. The first-order valence-electron chi connectivity index (χ1n) is 5.18. The molecule has 0 bridgehead atoms. The Hall–Kier alpha value is -1.93. The lowest BCUT2D eigenvalue weighted by Gasteiger charge is -1.91. The first kappa shape index (κ1) is 12.5. The van der Waals surface area contributed by atoms with E-state index >= 15 is 0 Å². The van der Waals surface area contributed by atoms with E-state index in [9.17, 15) is 18.0 Å². The predicted octanol–water partition coefficient (Wildman–Crippen LogP) is -0.870. The van der Waals surface area contributed by atoms with Crippen molar-refractivity contribution in [1.29, 1.82) is 0 Å². The molecule has 2 aliphatic rings. The van der Waals surface area contributed by atoms with Gasteiger partial charge < -0.3 is 0 Å². The highest BCUT2D eigenvalue weighted by Gasteiger charge is 2.31. The van der Waals surface area contributed by atoms with Crippen LogP contribution in [-0.4, -0.2) is 26.8 Å². The van der Waals surface area contributed by atoms with Crippen LogP contribution in [0, 0.1) is 0 Å². The summed E-state index contributed by atoms with van der Waals surface area (Å²) in [6.45, 7) is 0.777. The molecule has 0 atom stereocenters. The fraction of sp³-hybridized carbons (Fsp3) is 0.200. The van der Waals surface area contributed by atoms with Gasteiger partial charge in [0.2, 0.25) is 5.91 Å². The number of hydrogen-bond acceptors (Lipinski definition) is 5. The first-order chi connectivity index (χ1) is 8.50. The summed E-state index contributed by atoms with van der Waals surface area (Å²) >= 11 is 0. The number of carbonyl (C=O) groups excluding carboxylic acids is 2. The molecule has 2 heterocycles. The van der Waals surface area contributed by atoms with E-state index in [-0.39, 0.29) is 16.4 Å². The molecule has 18 heavy (non-hydrogen) atoms. The fourth-order valence-electron chi connectivity index (χ4n) is 1.52. The van der Waals surface area contributed by atoms with Gasteiger partial charge in [0, 0.05) is 13.0 Å². The van der Waals surface area contributed by atoms with Crippen LogP contribution >= 0.6 is 0 Å². The van der Waals surface area contributed by atoms with Crippen molar-refractivity contribution < 1.29 is 18.0 Å². The molecular weight excluding hydrogens is 258 g/mol. The van der Waals surface area contributed by atoms with E-state index in [4.69, 9.17) is 0 Å². The normalized spacial score (nSPS) is 19.3. The van der Waals surface area contributed by atoms with E-state index < -0.39 is 15.9 Å². The van der Waals surface area contributed by atoms with Crippen molar-refractivity contribution in [2.45, 2.75) is 11.3 Å². The number of benzene rings is 1. The number of carbonyl (C=O) groups is 2. The van der Waals surface area contributed by atoms with Gasteiger partial charge in [0.25, 0.3) is 15.9 Å². The molecule has 0 aliphatic carbocycles.